The Morgan fingerprint density at radius 1 is 1.13 bits per heavy atom. The van der Waals surface area contributed by atoms with E-state index in [1.54, 1.807) is 20.8 Å². The SMILES string of the molecule is CCOC(=O)c1c(C)[nH]c(C(=O)[C@H](C)[NH+]2CCN(C(=O)c3ccccc3)CC2)c1C. The van der Waals surface area contributed by atoms with Crippen LogP contribution in [0.3, 0.4) is 0 Å². The van der Waals surface area contributed by atoms with Crippen molar-refractivity contribution in [3.8, 4) is 0 Å². The Bertz CT molecular complexity index is 927. The molecule has 3 rings (SSSR count). The first-order valence-electron chi connectivity index (χ1n) is 10.4. The number of carbonyl (C=O) groups is 3. The first kappa shape index (κ1) is 21.8. The van der Waals surface area contributed by atoms with Gasteiger partial charge in [-0.25, -0.2) is 4.79 Å². The number of aryl methyl sites for hydroxylation is 1. The number of aromatic amines is 1. The van der Waals surface area contributed by atoms with Crippen molar-refractivity contribution in [2.45, 2.75) is 33.7 Å². The molecule has 1 saturated heterocycles. The van der Waals surface area contributed by atoms with Gasteiger partial charge in [-0.2, -0.15) is 0 Å². The Morgan fingerprint density at radius 2 is 1.77 bits per heavy atom. The van der Waals surface area contributed by atoms with E-state index in [-0.39, 0.29) is 17.7 Å². The average molecular weight is 413 g/mol. The first-order chi connectivity index (χ1) is 14.3. The summed E-state index contributed by atoms with van der Waals surface area (Å²) in [6, 6.07) is 8.99. The van der Waals surface area contributed by atoms with Gasteiger partial charge in [0.05, 0.1) is 44.0 Å². The zero-order valence-corrected chi connectivity index (χ0v) is 18.1. The molecule has 1 aliphatic rings. The molecule has 1 atom stereocenters. The molecule has 1 fully saturated rings. The lowest BCUT2D eigenvalue weighted by Gasteiger charge is -2.34. The topological polar surface area (TPSA) is 83.9 Å². The van der Waals surface area contributed by atoms with E-state index in [9.17, 15) is 14.4 Å². The number of ether oxygens (including phenoxy) is 1. The lowest BCUT2D eigenvalue weighted by Crippen LogP contribution is -3.18. The summed E-state index contributed by atoms with van der Waals surface area (Å²) in [5, 5.41) is 0. The number of hydrogen-bond donors (Lipinski definition) is 2. The van der Waals surface area contributed by atoms with Crippen LogP contribution in [0.2, 0.25) is 0 Å². The van der Waals surface area contributed by atoms with Crippen LogP contribution in [0.1, 0.15) is 56.3 Å². The number of hydrogen-bond acceptors (Lipinski definition) is 4. The van der Waals surface area contributed by atoms with Crippen molar-refractivity contribution in [1.29, 1.82) is 0 Å². The van der Waals surface area contributed by atoms with Crippen molar-refractivity contribution >= 4 is 17.7 Å². The fourth-order valence-electron chi connectivity index (χ4n) is 4.10. The van der Waals surface area contributed by atoms with Crippen molar-refractivity contribution < 1.29 is 24.0 Å². The summed E-state index contributed by atoms with van der Waals surface area (Å²) in [4.78, 5) is 44.1. The van der Waals surface area contributed by atoms with Crippen molar-refractivity contribution in [3.63, 3.8) is 0 Å². The normalized spacial score (nSPS) is 15.7. The molecule has 0 radical (unpaired) electrons. The molecule has 2 N–H and O–H groups in total. The van der Waals surface area contributed by atoms with Gasteiger partial charge in [0, 0.05) is 11.3 Å². The number of Topliss-reactive ketones (excluding diaryl/α,β-unsaturated/α-hetero) is 1. The van der Waals surface area contributed by atoms with Gasteiger partial charge in [-0.3, -0.25) is 9.59 Å². The minimum absolute atomic E-state index is 0.0241. The van der Waals surface area contributed by atoms with Crippen LogP contribution in [-0.4, -0.2) is 66.4 Å². The Morgan fingerprint density at radius 3 is 2.37 bits per heavy atom. The molecule has 1 amide bonds. The molecule has 0 spiro atoms. The Labute approximate surface area is 177 Å². The molecule has 2 heterocycles. The highest BCUT2D eigenvalue weighted by Crippen LogP contribution is 2.20. The number of benzene rings is 1. The molecule has 1 aromatic heterocycles. The van der Waals surface area contributed by atoms with Crippen molar-refractivity contribution in [2.24, 2.45) is 0 Å². The first-order valence-corrected chi connectivity index (χ1v) is 10.4. The highest BCUT2D eigenvalue weighted by atomic mass is 16.5. The highest BCUT2D eigenvalue weighted by molar-refractivity contribution is 6.03. The van der Waals surface area contributed by atoms with E-state index in [1.807, 2.05) is 42.2 Å². The summed E-state index contributed by atoms with van der Waals surface area (Å²) in [5.74, 6) is -0.400. The standard InChI is InChI=1S/C23H29N3O4/c1-5-30-23(29)19-15(2)20(24-16(19)3)21(27)17(4)25-11-13-26(14-12-25)22(28)18-9-7-6-8-10-18/h6-10,17,24H,5,11-14H2,1-4H3/p+1/t17-/m0/s1. The summed E-state index contributed by atoms with van der Waals surface area (Å²) in [6.45, 7) is 10.1. The van der Waals surface area contributed by atoms with Crippen LogP contribution in [0, 0.1) is 13.8 Å². The fraction of sp³-hybridized carbons (Fsp3) is 0.435. The second kappa shape index (κ2) is 9.26. The third kappa shape index (κ3) is 4.31. The fourth-order valence-corrected chi connectivity index (χ4v) is 4.10. The lowest BCUT2D eigenvalue weighted by atomic mass is 10.0. The molecule has 30 heavy (non-hydrogen) atoms. The average Bonchev–Trinajstić information content (AvgIpc) is 3.07. The zero-order chi connectivity index (χ0) is 21.8. The van der Waals surface area contributed by atoms with E-state index in [0.29, 0.717) is 60.9 Å². The summed E-state index contributed by atoms with van der Waals surface area (Å²) < 4.78 is 5.12. The van der Waals surface area contributed by atoms with Gasteiger partial charge in [0.15, 0.2) is 6.04 Å². The molecule has 7 nitrogen and oxygen atoms in total. The predicted molar refractivity (Wildman–Crippen MR) is 113 cm³/mol. The highest BCUT2D eigenvalue weighted by Gasteiger charge is 2.34. The summed E-state index contributed by atoms with van der Waals surface area (Å²) in [7, 11) is 0. The summed E-state index contributed by atoms with van der Waals surface area (Å²) >= 11 is 0. The van der Waals surface area contributed by atoms with Crippen LogP contribution in [0.15, 0.2) is 30.3 Å². The number of aromatic nitrogens is 1. The maximum Gasteiger partial charge on any atom is 0.340 e. The van der Waals surface area contributed by atoms with E-state index in [2.05, 4.69) is 4.98 Å². The van der Waals surface area contributed by atoms with E-state index in [0.717, 1.165) is 4.90 Å². The number of ketones is 1. The second-order valence-corrected chi connectivity index (χ2v) is 7.75. The van der Waals surface area contributed by atoms with Crippen LogP contribution < -0.4 is 4.90 Å². The van der Waals surface area contributed by atoms with E-state index in [1.165, 1.54) is 0 Å². The largest absolute Gasteiger partial charge is 0.462 e. The molecular formula is C23H30N3O4+. The van der Waals surface area contributed by atoms with Gasteiger partial charge < -0.3 is 19.5 Å². The van der Waals surface area contributed by atoms with Crippen molar-refractivity contribution in [1.82, 2.24) is 9.88 Å². The molecule has 0 aliphatic carbocycles. The van der Waals surface area contributed by atoms with Gasteiger partial charge in [0.25, 0.3) is 5.91 Å². The molecule has 0 bridgehead atoms. The van der Waals surface area contributed by atoms with Crippen molar-refractivity contribution in [2.75, 3.05) is 32.8 Å². The van der Waals surface area contributed by atoms with Crippen LogP contribution in [-0.2, 0) is 4.74 Å². The number of rotatable bonds is 6. The van der Waals surface area contributed by atoms with E-state index < -0.39 is 5.97 Å². The predicted octanol–water partition coefficient (Wildman–Crippen LogP) is 1.42. The summed E-state index contributed by atoms with van der Waals surface area (Å²) in [5.41, 5.74) is 2.89. The molecule has 1 aliphatic heterocycles. The van der Waals surface area contributed by atoms with Gasteiger partial charge in [0.2, 0.25) is 5.78 Å². The Hall–Kier alpha value is -2.93. The van der Waals surface area contributed by atoms with Crippen LogP contribution in [0.25, 0.3) is 0 Å². The van der Waals surface area contributed by atoms with E-state index in [4.69, 9.17) is 4.74 Å². The number of esters is 1. The number of H-pyrrole nitrogens is 1. The minimum atomic E-state index is -0.407. The van der Waals surface area contributed by atoms with Crippen LogP contribution in [0.4, 0.5) is 0 Å². The number of piperazine rings is 1. The van der Waals surface area contributed by atoms with Gasteiger partial charge >= 0.3 is 5.97 Å². The third-order valence-corrected chi connectivity index (χ3v) is 5.88. The molecular weight excluding hydrogens is 382 g/mol. The maximum atomic E-state index is 13.2. The lowest BCUT2D eigenvalue weighted by molar-refractivity contribution is -0.917. The van der Waals surface area contributed by atoms with Crippen LogP contribution >= 0.6 is 0 Å². The zero-order valence-electron chi connectivity index (χ0n) is 18.1. The Kier molecular flexibility index (Phi) is 6.72. The number of amides is 1. The number of nitrogens with one attached hydrogen (secondary N) is 2. The molecule has 7 heteroatoms. The van der Waals surface area contributed by atoms with Gasteiger partial charge in [-0.05, 0) is 45.4 Å². The maximum absolute atomic E-state index is 13.2. The molecule has 1 aromatic carbocycles. The van der Waals surface area contributed by atoms with Gasteiger partial charge in [-0.1, -0.05) is 18.2 Å². The smallest absolute Gasteiger partial charge is 0.340 e. The van der Waals surface area contributed by atoms with Gasteiger partial charge in [-0.15, -0.1) is 0 Å². The Balaban J connectivity index is 1.66. The van der Waals surface area contributed by atoms with Crippen molar-refractivity contribution in [3.05, 3.63) is 58.4 Å². The monoisotopic (exact) mass is 412 g/mol. The number of nitrogens with zero attached hydrogens (tertiary/aromatic N) is 1. The number of carbonyl (C=O) groups excluding carboxylic acids is 3. The molecule has 160 valence electrons. The minimum Gasteiger partial charge on any atom is -0.462 e. The van der Waals surface area contributed by atoms with E-state index >= 15 is 0 Å². The molecule has 0 saturated carbocycles. The summed E-state index contributed by atoms with van der Waals surface area (Å²) in [6.07, 6.45) is 0. The second-order valence-electron chi connectivity index (χ2n) is 7.75. The van der Waals surface area contributed by atoms with Crippen LogP contribution in [0.5, 0.6) is 0 Å². The third-order valence-electron chi connectivity index (χ3n) is 5.88. The number of quaternary nitrogens is 1. The molecule has 2 aromatic rings. The van der Waals surface area contributed by atoms with Gasteiger partial charge in [0.1, 0.15) is 0 Å². The molecule has 0 unspecified atom stereocenters. The quantitative estimate of drug-likeness (QED) is 0.555.